The topological polar surface area (TPSA) is 24.4 Å². The third kappa shape index (κ3) is 2.10. The fourth-order valence-corrected chi connectivity index (χ4v) is 1.29. The number of aliphatic imine (C=N–C) groups is 1. The van der Waals surface area contributed by atoms with Gasteiger partial charge >= 0.3 is 0 Å². The molecule has 2 heteroatoms. The molecular weight excluding hydrogens is 148 g/mol. The van der Waals surface area contributed by atoms with Gasteiger partial charge in [-0.25, -0.2) is 0 Å². The molecule has 0 bridgehead atoms. The van der Waals surface area contributed by atoms with E-state index in [1.54, 1.807) is 0 Å². The Morgan fingerprint density at radius 1 is 1.58 bits per heavy atom. The molecule has 0 saturated heterocycles. The molecule has 1 aliphatic rings. The van der Waals surface area contributed by atoms with Crippen molar-refractivity contribution < 1.29 is 0 Å². The Hall–Kier alpha value is -0.790. The van der Waals surface area contributed by atoms with Crippen LogP contribution in [0.25, 0.3) is 0 Å². The zero-order valence-corrected chi connectivity index (χ0v) is 8.39. The molecule has 0 aromatic carbocycles. The van der Waals surface area contributed by atoms with E-state index in [4.69, 9.17) is 0 Å². The second-order valence-electron chi connectivity index (χ2n) is 3.58. The molecule has 0 radical (unpaired) electrons. The minimum atomic E-state index is 0.346. The van der Waals surface area contributed by atoms with E-state index in [-0.39, 0.29) is 0 Å². The van der Waals surface area contributed by atoms with Crippen LogP contribution < -0.4 is 5.32 Å². The minimum absolute atomic E-state index is 0.346. The summed E-state index contributed by atoms with van der Waals surface area (Å²) in [4.78, 5) is 4.51. The molecule has 1 atom stereocenters. The number of hydrogen-bond donors (Lipinski definition) is 1. The van der Waals surface area contributed by atoms with Gasteiger partial charge in [-0.15, -0.1) is 0 Å². The molecule has 1 rings (SSSR count). The van der Waals surface area contributed by atoms with E-state index < -0.39 is 0 Å². The van der Waals surface area contributed by atoms with Crippen molar-refractivity contribution in [3.63, 3.8) is 0 Å². The van der Waals surface area contributed by atoms with Crippen LogP contribution in [0.3, 0.4) is 0 Å². The fourth-order valence-electron chi connectivity index (χ4n) is 1.29. The predicted octanol–water partition coefficient (Wildman–Crippen LogP) is 2.33. The normalized spacial score (nSPS) is 23.2. The third-order valence-corrected chi connectivity index (χ3v) is 2.00. The number of hydrogen-bond acceptors (Lipinski definition) is 2. The van der Waals surface area contributed by atoms with Crippen molar-refractivity contribution in [3.8, 4) is 0 Å². The molecule has 1 aliphatic heterocycles. The maximum absolute atomic E-state index is 4.51. The van der Waals surface area contributed by atoms with Crippen molar-refractivity contribution in [3.05, 3.63) is 11.8 Å². The van der Waals surface area contributed by atoms with E-state index in [1.165, 1.54) is 5.70 Å². The average Bonchev–Trinajstić information content (AvgIpc) is 2.03. The van der Waals surface area contributed by atoms with Crippen LogP contribution >= 0.6 is 0 Å². The maximum Gasteiger partial charge on any atom is 0.104 e. The SMILES string of the molecule is CCC1=CC(C)N=C(C(C)C)N1. The predicted molar refractivity (Wildman–Crippen MR) is 53.2 cm³/mol. The molecule has 0 aromatic rings. The second-order valence-corrected chi connectivity index (χ2v) is 3.58. The molecule has 68 valence electrons. The van der Waals surface area contributed by atoms with Crippen molar-refractivity contribution >= 4 is 5.84 Å². The molecule has 0 saturated carbocycles. The van der Waals surface area contributed by atoms with Gasteiger partial charge in [-0.05, 0) is 19.4 Å². The monoisotopic (exact) mass is 166 g/mol. The number of nitrogens with one attached hydrogen (secondary N) is 1. The van der Waals surface area contributed by atoms with Gasteiger partial charge in [0.15, 0.2) is 0 Å². The van der Waals surface area contributed by atoms with Gasteiger partial charge in [0.25, 0.3) is 0 Å². The summed E-state index contributed by atoms with van der Waals surface area (Å²) < 4.78 is 0. The Balaban J connectivity index is 2.70. The van der Waals surface area contributed by atoms with Gasteiger partial charge in [-0.1, -0.05) is 20.8 Å². The highest BCUT2D eigenvalue weighted by molar-refractivity contribution is 5.86. The largest absolute Gasteiger partial charge is 0.348 e. The van der Waals surface area contributed by atoms with Crippen LogP contribution in [-0.2, 0) is 0 Å². The lowest BCUT2D eigenvalue weighted by Gasteiger charge is -2.21. The molecule has 0 amide bonds. The minimum Gasteiger partial charge on any atom is -0.348 e. The number of rotatable bonds is 2. The van der Waals surface area contributed by atoms with Crippen LogP contribution in [0.4, 0.5) is 0 Å². The molecule has 1 N–H and O–H groups in total. The van der Waals surface area contributed by atoms with E-state index in [9.17, 15) is 0 Å². The van der Waals surface area contributed by atoms with Crippen LogP contribution in [0, 0.1) is 5.92 Å². The first-order valence-electron chi connectivity index (χ1n) is 4.69. The zero-order valence-electron chi connectivity index (χ0n) is 8.39. The Bertz CT molecular complexity index is 214. The number of allylic oxidation sites excluding steroid dienone is 1. The number of amidine groups is 1. The summed E-state index contributed by atoms with van der Waals surface area (Å²) in [6.45, 7) is 8.61. The standard InChI is InChI=1S/C10H18N2/c1-5-9-6-8(4)11-10(12-9)7(2)3/h6-8H,5H2,1-4H3,(H,11,12). The van der Waals surface area contributed by atoms with E-state index in [2.05, 4.69) is 44.1 Å². The molecule has 0 aliphatic carbocycles. The van der Waals surface area contributed by atoms with Crippen molar-refractivity contribution in [2.45, 2.75) is 40.2 Å². The molecule has 0 aromatic heterocycles. The summed E-state index contributed by atoms with van der Waals surface area (Å²) in [5.41, 5.74) is 1.31. The van der Waals surface area contributed by atoms with Crippen molar-refractivity contribution in [2.24, 2.45) is 10.9 Å². The van der Waals surface area contributed by atoms with Gasteiger partial charge in [-0.2, -0.15) is 0 Å². The van der Waals surface area contributed by atoms with Crippen LogP contribution in [0.1, 0.15) is 34.1 Å². The summed E-state index contributed by atoms with van der Waals surface area (Å²) in [6.07, 6.45) is 3.25. The maximum atomic E-state index is 4.51. The molecule has 0 fully saturated rings. The Morgan fingerprint density at radius 3 is 2.75 bits per heavy atom. The molecule has 0 spiro atoms. The summed E-state index contributed by atoms with van der Waals surface area (Å²) in [7, 11) is 0. The summed E-state index contributed by atoms with van der Waals surface area (Å²) >= 11 is 0. The first kappa shape index (κ1) is 9.30. The van der Waals surface area contributed by atoms with E-state index in [1.807, 2.05) is 0 Å². The molecule has 12 heavy (non-hydrogen) atoms. The third-order valence-electron chi connectivity index (χ3n) is 2.00. The van der Waals surface area contributed by atoms with Gasteiger partial charge < -0.3 is 5.32 Å². The van der Waals surface area contributed by atoms with E-state index in [0.29, 0.717) is 12.0 Å². The average molecular weight is 166 g/mol. The van der Waals surface area contributed by atoms with Crippen LogP contribution in [-0.4, -0.2) is 11.9 Å². The highest BCUT2D eigenvalue weighted by Crippen LogP contribution is 2.10. The molecule has 2 nitrogen and oxygen atoms in total. The second kappa shape index (κ2) is 3.74. The van der Waals surface area contributed by atoms with Gasteiger partial charge in [0, 0.05) is 11.6 Å². The quantitative estimate of drug-likeness (QED) is 0.669. The van der Waals surface area contributed by atoms with Crippen molar-refractivity contribution in [1.29, 1.82) is 0 Å². The first-order chi connectivity index (χ1) is 5.63. The fraction of sp³-hybridized carbons (Fsp3) is 0.700. The summed E-state index contributed by atoms with van der Waals surface area (Å²) in [5.74, 6) is 1.63. The van der Waals surface area contributed by atoms with Crippen molar-refractivity contribution in [2.75, 3.05) is 0 Å². The highest BCUT2D eigenvalue weighted by Gasteiger charge is 2.12. The van der Waals surface area contributed by atoms with E-state index >= 15 is 0 Å². The molecule has 1 unspecified atom stereocenters. The highest BCUT2D eigenvalue weighted by atomic mass is 15.0. The lowest BCUT2D eigenvalue weighted by atomic mass is 10.1. The van der Waals surface area contributed by atoms with Crippen LogP contribution in [0.2, 0.25) is 0 Å². The molecule has 1 heterocycles. The Kier molecular flexibility index (Phi) is 2.90. The van der Waals surface area contributed by atoms with Gasteiger partial charge in [0.05, 0.1) is 6.04 Å². The zero-order chi connectivity index (χ0) is 9.14. The van der Waals surface area contributed by atoms with Crippen LogP contribution in [0.15, 0.2) is 16.8 Å². The lowest BCUT2D eigenvalue weighted by Crippen LogP contribution is -2.32. The van der Waals surface area contributed by atoms with Gasteiger partial charge in [0.1, 0.15) is 5.84 Å². The van der Waals surface area contributed by atoms with Crippen molar-refractivity contribution in [1.82, 2.24) is 5.32 Å². The molecular formula is C10H18N2. The Morgan fingerprint density at radius 2 is 2.25 bits per heavy atom. The van der Waals surface area contributed by atoms with E-state index in [0.717, 1.165) is 12.3 Å². The summed E-state index contributed by atoms with van der Waals surface area (Å²) in [6, 6.07) is 0.346. The summed E-state index contributed by atoms with van der Waals surface area (Å²) in [5, 5.41) is 3.34. The number of nitrogens with zero attached hydrogens (tertiary/aromatic N) is 1. The van der Waals surface area contributed by atoms with Gasteiger partial charge in [-0.3, -0.25) is 4.99 Å². The first-order valence-corrected chi connectivity index (χ1v) is 4.69. The lowest BCUT2D eigenvalue weighted by molar-refractivity contribution is 0.753. The van der Waals surface area contributed by atoms with Crippen LogP contribution in [0.5, 0.6) is 0 Å². The smallest absolute Gasteiger partial charge is 0.104 e. The Labute approximate surface area is 74.8 Å². The van der Waals surface area contributed by atoms with Gasteiger partial charge in [0.2, 0.25) is 0 Å².